The molecule has 3 aromatic rings. The van der Waals surface area contributed by atoms with E-state index in [1.807, 2.05) is 6.07 Å². The van der Waals surface area contributed by atoms with E-state index in [0.29, 0.717) is 22.8 Å². The molecule has 3 heterocycles. The van der Waals surface area contributed by atoms with Gasteiger partial charge in [-0.2, -0.15) is 18.2 Å². The van der Waals surface area contributed by atoms with Gasteiger partial charge in [-0.3, -0.25) is 0 Å². The van der Waals surface area contributed by atoms with Crippen LogP contribution in [0.25, 0.3) is 10.9 Å². The summed E-state index contributed by atoms with van der Waals surface area (Å²) >= 11 is 0. The summed E-state index contributed by atoms with van der Waals surface area (Å²) in [5.41, 5.74) is 6.04. The first-order chi connectivity index (χ1) is 16.2. The van der Waals surface area contributed by atoms with Gasteiger partial charge in [0.15, 0.2) is 0 Å². The normalized spacial score (nSPS) is 16.0. The lowest BCUT2D eigenvalue weighted by Crippen LogP contribution is -2.37. The Labute approximate surface area is 195 Å². The molecule has 1 aliphatic heterocycles. The molecule has 8 nitrogen and oxygen atoms in total. The van der Waals surface area contributed by atoms with Crippen molar-refractivity contribution in [3.05, 3.63) is 41.6 Å². The van der Waals surface area contributed by atoms with E-state index >= 15 is 0 Å². The van der Waals surface area contributed by atoms with Crippen molar-refractivity contribution < 1.29 is 17.9 Å². The molecular formula is C23H28F3N7O. The van der Waals surface area contributed by atoms with Crippen molar-refractivity contribution in [1.82, 2.24) is 15.0 Å². The van der Waals surface area contributed by atoms with Crippen LogP contribution < -0.4 is 21.3 Å². The van der Waals surface area contributed by atoms with Crippen LogP contribution in [0.15, 0.2) is 30.5 Å². The van der Waals surface area contributed by atoms with E-state index in [0.717, 1.165) is 49.3 Å². The third-order valence-electron chi connectivity index (χ3n) is 6.05. The monoisotopic (exact) mass is 475 g/mol. The molecular weight excluding hydrogens is 447 g/mol. The number of pyridine rings is 1. The molecule has 1 aromatic carbocycles. The molecule has 0 radical (unpaired) electrons. The predicted octanol–water partition coefficient (Wildman–Crippen LogP) is 4.46. The number of fused-ring (bicyclic) bond motifs is 1. The number of alkyl halides is 3. The number of piperidine rings is 1. The Morgan fingerprint density at radius 1 is 1.15 bits per heavy atom. The zero-order chi connectivity index (χ0) is 24.5. The van der Waals surface area contributed by atoms with E-state index in [-0.39, 0.29) is 11.8 Å². The second-order valence-corrected chi connectivity index (χ2v) is 8.38. The number of ether oxygens (including phenoxy) is 1. The number of halogens is 3. The molecule has 2 aromatic heterocycles. The maximum atomic E-state index is 13.3. The van der Waals surface area contributed by atoms with Crippen molar-refractivity contribution in [1.29, 1.82) is 0 Å². The fourth-order valence-electron chi connectivity index (χ4n) is 4.12. The number of nitrogens with one attached hydrogen (secondary N) is 2. The van der Waals surface area contributed by atoms with Crippen LogP contribution in [-0.4, -0.2) is 48.3 Å². The van der Waals surface area contributed by atoms with Gasteiger partial charge in [-0.25, -0.2) is 9.97 Å². The molecule has 34 heavy (non-hydrogen) atoms. The molecule has 0 spiro atoms. The summed E-state index contributed by atoms with van der Waals surface area (Å²) in [6.45, 7) is 3.39. The Bertz CT molecular complexity index is 1160. The Morgan fingerprint density at radius 2 is 1.88 bits per heavy atom. The molecule has 0 saturated carbocycles. The van der Waals surface area contributed by atoms with E-state index in [2.05, 4.69) is 30.5 Å². The SMILES string of the molecule is CNc1nc(N[C@H](C)c2cc(N)cc(C(F)(F)F)c2)c2cc(N3CCC(OC)CC3)ncc2n1. The summed E-state index contributed by atoms with van der Waals surface area (Å²) in [4.78, 5) is 15.8. The highest BCUT2D eigenvalue weighted by molar-refractivity contribution is 5.91. The summed E-state index contributed by atoms with van der Waals surface area (Å²) in [7, 11) is 3.42. The van der Waals surface area contributed by atoms with Gasteiger partial charge in [0.25, 0.3) is 0 Å². The van der Waals surface area contributed by atoms with E-state index in [9.17, 15) is 13.2 Å². The summed E-state index contributed by atoms with van der Waals surface area (Å²) < 4.78 is 45.3. The lowest BCUT2D eigenvalue weighted by molar-refractivity contribution is -0.137. The summed E-state index contributed by atoms with van der Waals surface area (Å²) in [6, 6.07) is 4.98. The second-order valence-electron chi connectivity index (χ2n) is 8.38. The van der Waals surface area contributed by atoms with Crippen LogP contribution in [0.3, 0.4) is 0 Å². The van der Waals surface area contributed by atoms with Crippen LogP contribution in [0.5, 0.6) is 0 Å². The van der Waals surface area contributed by atoms with Gasteiger partial charge < -0.3 is 26.0 Å². The van der Waals surface area contributed by atoms with Gasteiger partial charge in [0.2, 0.25) is 5.95 Å². The molecule has 0 bridgehead atoms. The summed E-state index contributed by atoms with van der Waals surface area (Å²) in [5.74, 6) is 1.66. The molecule has 0 aliphatic carbocycles. The number of nitrogens with zero attached hydrogens (tertiary/aromatic N) is 4. The highest BCUT2D eigenvalue weighted by atomic mass is 19.4. The number of nitrogen functional groups attached to an aromatic ring is 1. The number of nitrogens with two attached hydrogens (primary N) is 1. The third kappa shape index (κ3) is 5.09. The van der Waals surface area contributed by atoms with Gasteiger partial charge >= 0.3 is 6.18 Å². The van der Waals surface area contributed by atoms with Gasteiger partial charge in [0.1, 0.15) is 11.6 Å². The van der Waals surface area contributed by atoms with Gasteiger partial charge in [-0.05, 0) is 49.6 Å². The fourth-order valence-corrected chi connectivity index (χ4v) is 4.12. The number of aromatic nitrogens is 3. The first kappa shape index (κ1) is 23.8. The topological polar surface area (TPSA) is 101 Å². The minimum atomic E-state index is -4.48. The van der Waals surface area contributed by atoms with Crippen molar-refractivity contribution >= 4 is 34.2 Å². The maximum absolute atomic E-state index is 13.3. The summed E-state index contributed by atoms with van der Waals surface area (Å²) in [5, 5.41) is 6.89. The van der Waals surface area contributed by atoms with Crippen LogP contribution in [0, 0.1) is 0 Å². The van der Waals surface area contributed by atoms with Crippen LogP contribution in [0.2, 0.25) is 0 Å². The Morgan fingerprint density at radius 3 is 2.53 bits per heavy atom. The van der Waals surface area contributed by atoms with Crippen LogP contribution in [0.4, 0.5) is 36.4 Å². The molecule has 4 N–H and O–H groups in total. The van der Waals surface area contributed by atoms with Gasteiger partial charge in [-0.1, -0.05) is 0 Å². The van der Waals surface area contributed by atoms with Gasteiger partial charge in [0, 0.05) is 38.3 Å². The average molecular weight is 476 g/mol. The Balaban J connectivity index is 1.68. The van der Waals surface area contributed by atoms with Gasteiger partial charge in [0.05, 0.1) is 29.4 Å². The molecule has 1 fully saturated rings. The van der Waals surface area contributed by atoms with Crippen molar-refractivity contribution in [2.75, 3.05) is 48.5 Å². The zero-order valence-corrected chi connectivity index (χ0v) is 19.3. The van der Waals surface area contributed by atoms with Crippen molar-refractivity contribution in [3.63, 3.8) is 0 Å². The van der Waals surface area contributed by atoms with E-state index in [4.69, 9.17) is 10.5 Å². The van der Waals surface area contributed by atoms with E-state index < -0.39 is 17.8 Å². The minimum Gasteiger partial charge on any atom is -0.399 e. The predicted molar refractivity (Wildman–Crippen MR) is 127 cm³/mol. The van der Waals surface area contributed by atoms with Crippen LogP contribution in [0.1, 0.15) is 36.9 Å². The number of benzene rings is 1. The molecule has 1 saturated heterocycles. The van der Waals surface area contributed by atoms with Gasteiger partial charge in [-0.15, -0.1) is 0 Å². The molecule has 4 rings (SSSR count). The summed E-state index contributed by atoms with van der Waals surface area (Å²) in [6.07, 6.45) is -0.735. The second kappa shape index (κ2) is 9.49. The fraction of sp³-hybridized carbons (Fsp3) is 0.435. The molecule has 11 heteroatoms. The average Bonchev–Trinajstić information content (AvgIpc) is 2.82. The Hall–Kier alpha value is -3.34. The highest BCUT2D eigenvalue weighted by Gasteiger charge is 2.31. The van der Waals surface area contributed by atoms with Crippen molar-refractivity contribution in [2.45, 2.75) is 38.1 Å². The van der Waals surface area contributed by atoms with E-state index in [1.54, 1.807) is 27.3 Å². The lowest BCUT2D eigenvalue weighted by Gasteiger charge is -2.32. The number of hydrogen-bond acceptors (Lipinski definition) is 8. The first-order valence-electron chi connectivity index (χ1n) is 11.1. The minimum absolute atomic E-state index is 0.0490. The number of rotatable bonds is 6. The highest BCUT2D eigenvalue weighted by Crippen LogP contribution is 2.34. The van der Waals surface area contributed by atoms with Crippen LogP contribution >= 0.6 is 0 Å². The quantitative estimate of drug-likeness (QED) is 0.450. The molecule has 0 unspecified atom stereocenters. The maximum Gasteiger partial charge on any atom is 0.416 e. The molecule has 1 aliphatic rings. The van der Waals surface area contributed by atoms with Crippen LogP contribution in [-0.2, 0) is 10.9 Å². The lowest BCUT2D eigenvalue weighted by atomic mass is 10.0. The number of anilines is 4. The van der Waals surface area contributed by atoms with Crippen molar-refractivity contribution in [2.24, 2.45) is 0 Å². The van der Waals surface area contributed by atoms with E-state index in [1.165, 1.54) is 6.07 Å². The van der Waals surface area contributed by atoms with Crippen molar-refractivity contribution in [3.8, 4) is 0 Å². The Kier molecular flexibility index (Phi) is 6.65. The smallest absolute Gasteiger partial charge is 0.399 e. The molecule has 0 amide bonds. The third-order valence-corrected chi connectivity index (χ3v) is 6.05. The zero-order valence-electron chi connectivity index (χ0n) is 19.3. The molecule has 1 atom stereocenters. The standard InChI is InChI=1S/C23H28F3N7O/c1-13(14-8-15(23(24,25)26)10-16(27)9-14)30-21-18-11-20(33-6-4-17(34-3)5-7-33)29-12-19(18)31-22(28-2)32-21/h8-13,17H,4-7,27H2,1-3H3,(H2,28,30,31,32)/t13-/m1/s1. The molecule has 182 valence electrons. The first-order valence-corrected chi connectivity index (χ1v) is 11.1. The number of hydrogen-bond donors (Lipinski definition) is 3. The number of methoxy groups -OCH3 is 1. The largest absolute Gasteiger partial charge is 0.416 e.